The third kappa shape index (κ3) is 4.19. The Labute approximate surface area is 84.9 Å². The molecular weight excluding hydrogens is 176 g/mol. The minimum Gasteiger partial charge on any atom is -0.376 e. The molecule has 0 amide bonds. The molecule has 0 spiro atoms. The van der Waals surface area contributed by atoms with Gasteiger partial charge in [-0.3, -0.25) is 0 Å². The summed E-state index contributed by atoms with van der Waals surface area (Å²) < 4.78 is 5.48. The summed E-state index contributed by atoms with van der Waals surface area (Å²) in [6.45, 7) is 3.29. The molecule has 0 aliphatic heterocycles. The second-order valence-corrected chi connectivity index (χ2v) is 3.51. The Bertz CT molecular complexity index is 256. The molecule has 0 saturated heterocycles. The van der Waals surface area contributed by atoms with Gasteiger partial charge >= 0.3 is 0 Å². The summed E-state index contributed by atoms with van der Waals surface area (Å²) in [5.41, 5.74) is 1.17. The predicted octanol–water partition coefficient (Wildman–Crippen LogP) is 2.43. The molecule has 0 fully saturated rings. The van der Waals surface area contributed by atoms with E-state index >= 15 is 0 Å². The number of rotatable bonds is 6. The average molecular weight is 192 g/mol. The minimum atomic E-state index is 0.316. The van der Waals surface area contributed by atoms with Crippen LogP contribution in [-0.2, 0) is 16.1 Å². The van der Waals surface area contributed by atoms with E-state index in [0.717, 1.165) is 6.29 Å². The zero-order chi connectivity index (χ0) is 10.2. The van der Waals surface area contributed by atoms with Gasteiger partial charge in [0, 0.05) is 13.0 Å². The molecule has 14 heavy (non-hydrogen) atoms. The fourth-order valence-electron chi connectivity index (χ4n) is 1.18. The van der Waals surface area contributed by atoms with Gasteiger partial charge in [0.15, 0.2) is 0 Å². The Hall–Kier alpha value is -1.15. The zero-order valence-electron chi connectivity index (χ0n) is 8.48. The molecular formula is C12H16O2. The van der Waals surface area contributed by atoms with E-state index < -0.39 is 0 Å². The van der Waals surface area contributed by atoms with E-state index in [1.165, 1.54) is 5.56 Å². The first-order chi connectivity index (χ1) is 6.83. The molecule has 0 unspecified atom stereocenters. The third-order valence-corrected chi connectivity index (χ3v) is 2.01. The van der Waals surface area contributed by atoms with Crippen molar-refractivity contribution in [1.29, 1.82) is 0 Å². The van der Waals surface area contributed by atoms with Crippen molar-refractivity contribution in [3.8, 4) is 0 Å². The Kier molecular flexibility index (Phi) is 4.94. The first kappa shape index (κ1) is 10.9. The molecule has 0 N–H and O–H groups in total. The van der Waals surface area contributed by atoms with Gasteiger partial charge in [-0.2, -0.15) is 0 Å². The van der Waals surface area contributed by atoms with E-state index in [9.17, 15) is 4.79 Å². The molecule has 0 radical (unpaired) electrons. The van der Waals surface area contributed by atoms with Gasteiger partial charge in [-0.25, -0.2) is 0 Å². The van der Waals surface area contributed by atoms with Crippen LogP contribution in [-0.4, -0.2) is 12.9 Å². The van der Waals surface area contributed by atoms with E-state index in [4.69, 9.17) is 4.74 Å². The van der Waals surface area contributed by atoms with Crippen molar-refractivity contribution in [2.24, 2.45) is 5.92 Å². The molecule has 0 aromatic heterocycles. The summed E-state index contributed by atoms with van der Waals surface area (Å²) in [6, 6.07) is 10.0. The van der Waals surface area contributed by atoms with Crippen LogP contribution in [0.15, 0.2) is 30.3 Å². The van der Waals surface area contributed by atoms with Gasteiger partial charge < -0.3 is 9.53 Å². The van der Waals surface area contributed by atoms with Crippen LogP contribution in [0, 0.1) is 5.92 Å². The monoisotopic (exact) mass is 192 g/mol. The molecule has 0 heterocycles. The van der Waals surface area contributed by atoms with Crippen LogP contribution in [0.2, 0.25) is 0 Å². The van der Waals surface area contributed by atoms with Gasteiger partial charge in [-0.05, 0) is 11.5 Å². The fraction of sp³-hybridized carbons (Fsp3) is 0.417. The third-order valence-electron chi connectivity index (χ3n) is 2.01. The van der Waals surface area contributed by atoms with E-state index in [-0.39, 0.29) is 0 Å². The first-order valence-corrected chi connectivity index (χ1v) is 4.88. The Morgan fingerprint density at radius 1 is 1.36 bits per heavy atom. The molecule has 0 aliphatic carbocycles. The number of ether oxygens (including phenoxy) is 1. The number of aldehydes is 1. The Morgan fingerprint density at radius 3 is 2.71 bits per heavy atom. The highest BCUT2D eigenvalue weighted by Gasteiger charge is 2.00. The quantitative estimate of drug-likeness (QED) is 0.647. The SMILES string of the molecule is C[C@@H](CC=O)COCc1ccccc1. The Balaban J connectivity index is 2.18. The Morgan fingerprint density at radius 2 is 2.07 bits per heavy atom. The summed E-state index contributed by atoms with van der Waals surface area (Å²) >= 11 is 0. The highest BCUT2D eigenvalue weighted by atomic mass is 16.5. The van der Waals surface area contributed by atoms with Crippen LogP contribution in [0.1, 0.15) is 18.9 Å². The second kappa shape index (κ2) is 6.33. The normalized spacial score (nSPS) is 12.4. The molecule has 1 aromatic carbocycles. The highest BCUT2D eigenvalue weighted by Crippen LogP contribution is 2.04. The summed E-state index contributed by atoms with van der Waals surface area (Å²) in [4.78, 5) is 10.2. The number of hydrogen-bond acceptors (Lipinski definition) is 2. The molecule has 0 bridgehead atoms. The number of hydrogen-bond donors (Lipinski definition) is 0. The second-order valence-electron chi connectivity index (χ2n) is 3.51. The average Bonchev–Trinajstić information content (AvgIpc) is 2.20. The number of carbonyl (C=O) groups excluding carboxylic acids is 1. The lowest BCUT2D eigenvalue weighted by Crippen LogP contribution is -2.06. The van der Waals surface area contributed by atoms with Crippen molar-refractivity contribution in [2.45, 2.75) is 20.0 Å². The van der Waals surface area contributed by atoms with Crippen LogP contribution in [0.4, 0.5) is 0 Å². The van der Waals surface area contributed by atoms with Crippen LogP contribution < -0.4 is 0 Å². The fourth-order valence-corrected chi connectivity index (χ4v) is 1.18. The lowest BCUT2D eigenvalue weighted by Gasteiger charge is -2.08. The number of carbonyl (C=O) groups is 1. The van der Waals surface area contributed by atoms with Crippen molar-refractivity contribution in [3.05, 3.63) is 35.9 Å². The highest BCUT2D eigenvalue weighted by molar-refractivity contribution is 5.49. The van der Waals surface area contributed by atoms with Crippen LogP contribution in [0.3, 0.4) is 0 Å². The number of benzene rings is 1. The zero-order valence-corrected chi connectivity index (χ0v) is 8.48. The maximum absolute atomic E-state index is 10.2. The van der Waals surface area contributed by atoms with Gasteiger partial charge in [0.2, 0.25) is 0 Å². The van der Waals surface area contributed by atoms with Gasteiger partial charge in [0.1, 0.15) is 6.29 Å². The smallest absolute Gasteiger partial charge is 0.120 e. The molecule has 2 nitrogen and oxygen atoms in total. The van der Waals surface area contributed by atoms with Crippen LogP contribution >= 0.6 is 0 Å². The molecule has 1 atom stereocenters. The van der Waals surface area contributed by atoms with E-state index in [1.54, 1.807) is 0 Å². The molecule has 76 valence electrons. The molecule has 0 aliphatic rings. The topological polar surface area (TPSA) is 26.3 Å². The maximum Gasteiger partial charge on any atom is 0.120 e. The van der Waals surface area contributed by atoms with Crippen molar-refractivity contribution < 1.29 is 9.53 Å². The van der Waals surface area contributed by atoms with E-state index in [0.29, 0.717) is 25.6 Å². The van der Waals surface area contributed by atoms with E-state index in [2.05, 4.69) is 0 Å². The van der Waals surface area contributed by atoms with Crippen LogP contribution in [0.5, 0.6) is 0 Å². The van der Waals surface area contributed by atoms with Gasteiger partial charge in [-0.15, -0.1) is 0 Å². The summed E-state index contributed by atoms with van der Waals surface area (Å²) in [5.74, 6) is 0.316. The van der Waals surface area contributed by atoms with Gasteiger partial charge in [0.05, 0.1) is 6.61 Å². The largest absolute Gasteiger partial charge is 0.376 e. The first-order valence-electron chi connectivity index (χ1n) is 4.88. The molecule has 2 heteroatoms. The van der Waals surface area contributed by atoms with Gasteiger partial charge in [0.25, 0.3) is 0 Å². The van der Waals surface area contributed by atoms with Crippen molar-refractivity contribution in [1.82, 2.24) is 0 Å². The summed E-state index contributed by atoms with van der Waals surface area (Å²) in [5, 5.41) is 0. The minimum absolute atomic E-state index is 0.316. The standard InChI is InChI=1S/C12H16O2/c1-11(7-8-13)9-14-10-12-5-3-2-4-6-12/h2-6,8,11H,7,9-10H2,1H3/t11-/m0/s1. The van der Waals surface area contributed by atoms with Crippen LogP contribution in [0.25, 0.3) is 0 Å². The summed E-state index contributed by atoms with van der Waals surface area (Å²) in [7, 11) is 0. The molecule has 1 aromatic rings. The maximum atomic E-state index is 10.2. The van der Waals surface area contributed by atoms with Crippen molar-refractivity contribution in [2.75, 3.05) is 6.61 Å². The van der Waals surface area contributed by atoms with Crippen molar-refractivity contribution >= 4 is 6.29 Å². The lowest BCUT2D eigenvalue weighted by molar-refractivity contribution is -0.109. The lowest BCUT2D eigenvalue weighted by atomic mass is 10.1. The predicted molar refractivity (Wildman–Crippen MR) is 55.9 cm³/mol. The van der Waals surface area contributed by atoms with E-state index in [1.807, 2.05) is 37.3 Å². The summed E-state index contributed by atoms with van der Waals surface area (Å²) in [6.07, 6.45) is 1.52. The molecule has 0 saturated carbocycles. The molecule has 1 rings (SSSR count). The van der Waals surface area contributed by atoms with Gasteiger partial charge in [-0.1, -0.05) is 37.3 Å². The van der Waals surface area contributed by atoms with Crippen molar-refractivity contribution in [3.63, 3.8) is 0 Å².